The number of methoxy groups -OCH3 is 1. The van der Waals surface area contributed by atoms with Crippen molar-refractivity contribution < 1.29 is 9.53 Å². The van der Waals surface area contributed by atoms with Crippen molar-refractivity contribution in [2.24, 2.45) is 5.73 Å². The summed E-state index contributed by atoms with van der Waals surface area (Å²) in [6, 6.07) is 17.7. The van der Waals surface area contributed by atoms with E-state index in [1.165, 1.54) is 7.11 Å². The van der Waals surface area contributed by atoms with Crippen LogP contribution in [0.25, 0.3) is 0 Å². The molecule has 0 radical (unpaired) electrons. The van der Waals surface area contributed by atoms with Gasteiger partial charge in [-0.1, -0.05) is 42.1 Å². The zero-order chi connectivity index (χ0) is 15.1. The van der Waals surface area contributed by atoms with Crippen LogP contribution in [0.3, 0.4) is 0 Å². The second-order valence-corrected chi connectivity index (χ2v) is 5.48. The molecule has 0 heterocycles. The molecule has 0 fully saturated rings. The fourth-order valence-electron chi connectivity index (χ4n) is 1.80. The normalized spacial score (nSPS) is 11.9. The third kappa shape index (κ3) is 4.32. The van der Waals surface area contributed by atoms with Crippen LogP contribution in [0.4, 0.5) is 5.69 Å². The Balaban J connectivity index is 2.15. The highest BCUT2D eigenvalue weighted by Crippen LogP contribution is 2.33. The summed E-state index contributed by atoms with van der Waals surface area (Å²) >= 11 is 1.60. The van der Waals surface area contributed by atoms with Gasteiger partial charge in [0.05, 0.1) is 5.69 Å². The number of nitrogens with two attached hydrogens (primary N) is 1. The molecular weight excluding hydrogens is 284 g/mol. The molecule has 1 atom stereocenters. The molecule has 2 rings (SSSR count). The molecule has 1 amide bonds. The van der Waals surface area contributed by atoms with Gasteiger partial charge in [0.15, 0.2) is 0 Å². The second-order valence-electron chi connectivity index (χ2n) is 4.36. The molecule has 3 N–H and O–H groups in total. The molecule has 4 nitrogen and oxygen atoms in total. The monoisotopic (exact) mass is 302 g/mol. The van der Waals surface area contributed by atoms with E-state index in [1.807, 2.05) is 54.6 Å². The molecule has 0 saturated heterocycles. The van der Waals surface area contributed by atoms with Gasteiger partial charge in [0.1, 0.15) is 6.10 Å². The lowest BCUT2D eigenvalue weighted by atomic mass is 10.3. The van der Waals surface area contributed by atoms with E-state index in [9.17, 15) is 4.79 Å². The van der Waals surface area contributed by atoms with Gasteiger partial charge in [0.25, 0.3) is 5.91 Å². The van der Waals surface area contributed by atoms with Crippen LogP contribution in [0.2, 0.25) is 0 Å². The van der Waals surface area contributed by atoms with E-state index in [2.05, 4.69) is 5.32 Å². The molecule has 2 aromatic rings. The molecule has 0 aliphatic carbocycles. The first-order valence-corrected chi connectivity index (χ1v) is 7.42. The number of ether oxygens (including phenoxy) is 1. The molecule has 0 aromatic heterocycles. The van der Waals surface area contributed by atoms with Gasteiger partial charge in [-0.15, -0.1) is 0 Å². The van der Waals surface area contributed by atoms with Crippen molar-refractivity contribution in [3.05, 3.63) is 54.6 Å². The van der Waals surface area contributed by atoms with Gasteiger partial charge in [-0.3, -0.25) is 4.79 Å². The van der Waals surface area contributed by atoms with E-state index >= 15 is 0 Å². The number of carbonyl (C=O) groups excluding carboxylic acids is 1. The van der Waals surface area contributed by atoms with E-state index in [0.29, 0.717) is 0 Å². The van der Waals surface area contributed by atoms with E-state index < -0.39 is 6.10 Å². The van der Waals surface area contributed by atoms with Crippen LogP contribution in [-0.2, 0) is 9.53 Å². The molecule has 5 heteroatoms. The molecule has 0 spiro atoms. The number of amides is 1. The third-order valence-electron chi connectivity index (χ3n) is 2.91. The lowest BCUT2D eigenvalue weighted by Gasteiger charge is -2.15. The van der Waals surface area contributed by atoms with Crippen LogP contribution in [-0.4, -0.2) is 25.7 Å². The first kappa shape index (κ1) is 15.6. The number of nitrogens with one attached hydrogen (secondary N) is 1. The highest BCUT2D eigenvalue weighted by atomic mass is 32.2. The lowest BCUT2D eigenvalue weighted by Crippen LogP contribution is -2.36. The van der Waals surface area contributed by atoms with Crippen molar-refractivity contribution in [1.29, 1.82) is 0 Å². The Morgan fingerprint density at radius 1 is 1.19 bits per heavy atom. The molecule has 2 aromatic carbocycles. The molecule has 0 aliphatic rings. The third-order valence-corrected chi connectivity index (χ3v) is 3.99. The Morgan fingerprint density at radius 2 is 1.86 bits per heavy atom. The number of hydrogen-bond acceptors (Lipinski definition) is 4. The van der Waals surface area contributed by atoms with Crippen molar-refractivity contribution in [2.45, 2.75) is 15.9 Å². The number of rotatable bonds is 6. The summed E-state index contributed by atoms with van der Waals surface area (Å²) in [7, 11) is 1.47. The first-order valence-electron chi connectivity index (χ1n) is 6.60. The van der Waals surface area contributed by atoms with Crippen molar-refractivity contribution in [1.82, 2.24) is 0 Å². The highest BCUT2D eigenvalue weighted by Gasteiger charge is 2.17. The highest BCUT2D eigenvalue weighted by molar-refractivity contribution is 7.99. The summed E-state index contributed by atoms with van der Waals surface area (Å²) in [6.07, 6.45) is -0.639. The summed E-state index contributed by atoms with van der Waals surface area (Å²) in [4.78, 5) is 14.1. The Morgan fingerprint density at radius 3 is 2.52 bits per heavy atom. The zero-order valence-electron chi connectivity index (χ0n) is 11.8. The van der Waals surface area contributed by atoms with Gasteiger partial charge in [0, 0.05) is 23.4 Å². The molecule has 21 heavy (non-hydrogen) atoms. The molecule has 1 unspecified atom stereocenters. The van der Waals surface area contributed by atoms with Crippen LogP contribution in [0.1, 0.15) is 0 Å². The fourth-order valence-corrected chi connectivity index (χ4v) is 2.72. The Hall–Kier alpha value is -1.82. The minimum absolute atomic E-state index is 0.149. The molecular formula is C16H18N2O2S. The molecule has 0 bridgehead atoms. The molecule has 0 saturated carbocycles. The average Bonchev–Trinajstić information content (AvgIpc) is 2.51. The summed E-state index contributed by atoms with van der Waals surface area (Å²) in [5.41, 5.74) is 6.26. The Kier molecular flexibility index (Phi) is 5.80. The van der Waals surface area contributed by atoms with E-state index in [1.54, 1.807) is 11.8 Å². The maximum absolute atomic E-state index is 12.1. The summed E-state index contributed by atoms with van der Waals surface area (Å²) in [5, 5.41) is 2.87. The zero-order valence-corrected chi connectivity index (χ0v) is 12.6. The number of anilines is 1. The summed E-state index contributed by atoms with van der Waals surface area (Å²) < 4.78 is 5.05. The number of hydrogen-bond donors (Lipinski definition) is 2. The second kappa shape index (κ2) is 7.83. The predicted molar refractivity (Wildman–Crippen MR) is 85.5 cm³/mol. The minimum Gasteiger partial charge on any atom is -0.370 e. The van der Waals surface area contributed by atoms with Crippen LogP contribution >= 0.6 is 11.8 Å². The maximum Gasteiger partial charge on any atom is 0.254 e. The Labute approximate surface area is 128 Å². The molecule has 110 valence electrons. The Bertz CT molecular complexity index is 586. The van der Waals surface area contributed by atoms with Crippen LogP contribution < -0.4 is 11.1 Å². The quantitative estimate of drug-likeness (QED) is 0.861. The van der Waals surface area contributed by atoms with Gasteiger partial charge < -0.3 is 15.8 Å². The van der Waals surface area contributed by atoms with Gasteiger partial charge >= 0.3 is 0 Å². The summed E-state index contributed by atoms with van der Waals surface area (Å²) in [5.74, 6) is -0.235. The van der Waals surface area contributed by atoms with E-state index in [4.69, 9.17) is 10.5 Å². The SMILES string of the molecule is COC(CN)C(=O)Nc1ccccc1Sc1ccccc1. The van der Waals surface area contributed by atoms with Gasteiger partial charge in [0.2, 0.25) is 0 Å². The fraction of sp³-hybridized carbons (Fsp3) is 0.188. The van der Waals surface area contributed by atoms with Gasteiger partial charge in [-0.05, 0) is 24.3 Å². The van der Waals surface area contributed by atoms with Gasteiger partial charge in [-0.2, -0.15) is 0 Å². The van der Waals surface area contributed by atoms with Gasteiger partial charge in [-0.25, -0.2) is 0 Å². The lowest BCUT2D eigenvalue weighted by molar-refractivity contribution is -0.125. The van der Waals surface area contributed by atoms with Crippen LogP contribution in [0.15, 0.2) is 64.4 Å². The van der Waals surface area contributed by atoms with Crippen molar-refractivity contribution in [3.63, 3.8) is 0 Å². The number of carbonyl (C=O) groups is 1. The first-order chi connectivity index (χ1) is 10.2. The number of para-hydroxylation sites is 1. The smallest absolute Gasteiger partial charge is 0.254 e. The minimum atomic E-state index is -0.639. The van der Waals surface area contributed by atoms with E-state index in [0.717, 1.165) is 15.5 Å². The van der Waals surface area contributed by atoms with E-state index in [-0.39, 0.29) is 12.5 Å². The summed E-state index contributed by atoms with van der Waals surface area (Å²) in [6.45, 7) is 0.149. The van der Waals surface area contributed by atoms with Crippen LogP contribution in [0.5, 0.6) is 0 Å². The average molecular weight is 302 g/mol. The largest absolute Gasteiger partial charge is 0.370 e. The standard InChI is InChI=1S/C16H18N2O2S/c1-20-14(11-17)16(19)18-13-9-5-6-10-15(13)21-12-7-3-2-4-8-12/h2-10,14H,11,17H2,1H3,(H,18,19). The topological polar surface area (TPSA) is 64.3 Å². The van der Waals surface area contributed by atoms with Crippen molar-refractivity contribution in [3.8, 4) is 0 Å². The van der Waals surface area contributed by atoms with Crippen molar-refractivity contribution >= 4 is 23.4 Å². The van der Waals surface area contributed by atoms with Crippen molar-refractivity contribution in [2.75, 3.05) is 19.0 Å². The van der Waals surface area contributed by atoms with Crippen LogP contribution in [0, 0.1) is 0 Å². The predicted octanol–water partition coefficient (Wildman–Crippen LogP) is 2.75. The number of benzene rings is 2. The maximum atomic E-state index is 12.1. The molecule has 0 aliphatic heterocycles.